The molecule has 1 heterocycles. The molecular weight excluding hydrogens is 384 g/mol. The molecule has 0 bridgehead atoms. The molecule has 0 spiro atoms. The lowest BCUT2D eigenvalue weighted by atomic mass is 9.96. The number of non-ortho nitro benzene ring substituents is 1. The lowest BCUT2D eigenvalue weighted by molar-refractivity contribution is -0.384. The van der Waals surface area contributed by atoms with Gasteiger partial charge >= 0.3 is 5.97 Å². The van der Waals surface area contributed by atoms with Crippen molar-refractivity contribution in [1.82, 2.24) is 15.0 Å². The molecule has 0 saturated carbocycles. The van der Waals surface area contributed by atoms with Crippen LogP contribution in [0.3, 0.4) is 0 Å². The molecule has 0 fully saturated rings. The van der Waals surface area contributed by atoms with Gasteiger partial charge < -0.3 is 5.11 Å². The molecule has 0 saturated heterocycles. The predicted octanol–water partition coefficient (Wildman–Crippen LogP) is 4.27. The molecule has 148 valence electrons. The van der Waals surface area contributed by atoms with Crippen LogP contribution in [0.5, 0.6) is 0 Å². The number of carboxylic acids is 1. The van der Waals surface area contributed by atoms with Crippen LogP contribution in [0.2, 0.25) is 0 Å². The van der Waals surface area contributed by atoms with Crippen molar-refractivity contribution >= 4 is 11.7 Å². The summed E-state index contributed by atoms with van der Waals surface area (Å²) in [5, 5.41) is 29.2. The minimum absolute atomic E-state index is 0.0447. The van der Waals surface area contributed by atoms with E-state index < -0.39 is 10.9 Å². The standard InChI is InChI=1S/C22H16N4O4/c27-22(28)21-20(23-24-25(21)14-15-7-2-1-3-8-15)19-12-5-4-11-18(19)16-9-6-10-17(13-16)26(29)30/h1-13H,14H2,(H,27,28). The third-order valence-corrected chi connectivity index (χ3v) is 4.66. The molecule has 0 atom stereocenters. The largest absolute Gasteiger partial charge is 0.476 e. The highest BCUT2D eigenvalue weighted by Gasteiger charge is 2.23. The van der Waals surface area contributed by atoms with Crippen LogP contribution >= 0.6 is 0 Å². The lowest BCUT2D eigenvalue weighted by Crippen LogP contribution is -2.12. The summed E-state index contributed by atoms with van der Waals surface area (Å²) in [6.07, 6.45) is 0. The van der Waals surface area contributed by atoms with E-state index in [-0.39, 0.29) is 23.6 Å². The normalized spacial score (nSPS) is 10.7. The molecule has 0 aliphatic carbocycles. The maximum Gasteiger partial charge on any atom is 0.356 e. The Morgan fingerprint density at radius 2 is 1.67 bits per heavy atom. The van der Waals surface area contributed by atoms with E-state index in [0.29, 0.717) is 16.7 Å². The maximum atomic E-state index is 12.1. The average molecular weight is 400 g/mol. The molecule has 1 aromatic heterocycles. The minimum atomic E-state index is -1.15. The van der Waals surface area contributed by atoms with E-state index in [9.17, 15) is 20.0 Å². The number of nitro groups is 1. The minimum Gasteiger partial charge on any atom is -0.476 e. The van der Waals surface area contributed by atoms with Gasteiger partial charge in [-0.1, -0.05) is 71.9 Å². The first-order chi connectivity index (χ1) is 14.5. The van der Waals surface area contributed by atoms with Gasteiger partial charge in [0.05, 0.1) is 11.5 Å². The van der Waals surface area contributed by atoms with E-state index in [1.807, 2.05) is 30.3 Å². The Labute approximate surface area is 171 Å². The van der Waals surface area contributed by atoms with Gasteiger partial charge in [-0.3, -0.25) is 10.1 Å². The molecular formula is C22H16N4O4. The van der Waals surface area contributed by atoms with Crippen molar-refractivity contribution < 1.29 is 14.8 Å². The van der Waals surface area contributed by atoms with Crippen LogP contribution in [0.4, 0.5) is 5.69 Å². The molecule has 3 aromatic carbocycles. The van der Waals surface area contributed by atoms with Gasteiger partial charge in [-0.05, 0) is 16.7 Å². The van der Waals surface area contributed by atoms with Crippen LogP contribution in [0.25, 0.3) is 22.4 Å². The van der Waals surface area contributed by atoms with Crippen LogP contribution in [-0.4, -0.2) is 31.0 Å². The Morgan fingerprint density at radius 1 is 0.967 bits per heavy atom. The van der Waals surface area contributed by atoms with Gasteiger partial charge in [0, 0.05) is 17.7 Å². The molecule has 1 N–H and O–H groups in total. The van der Waals surface area contributed by atoms with Gasteiger partial charge in [0.15, 0.2) is 5.69 Å². The van der Waals surface area contributed by atoms with Gasteiger partial charge in [-0.2, -0.15) is 0 Å². The molecule has 8 heteroatoms. The van der Waals surface area contributed by atoms with Gasteiger partial charge in [-0.15, -0.1) is 5.10 Å². The first-order valence-corrected chi connectivity index (χ1v) is 9.09. The fourth-order valence-electron chi connectivity index (χ4n) is 3.30. The van der Waals surface area contributed by atoms with Gasteiger partial charge in [-0.25, -0.2) is 9.48 Å². The Morgan fingerprint density at radius 3 is 2.37 bits per heavy atom. The summed E-state index contributed by atoms with van der Waals surface area (Å²) in [4.78, 5) is 22.8. The third-order valence-electron chi connectivity index (χ3n) is 4.66. The van der Waals surface area contributed by atoms with E-state index >= 15 is 0 Å². The van der Waals surface area contributed by atoms with Crippen molar-refractivity contribution in [2.24, 2.45) is 0 Å². The number of carbonyl (C=O) groups is 1. The van der Waals surface area contributed by atoms with Crippen molar-refractivity contribution in [3.05, 3.63) is 100 Å². The number of benzene rings is 3. The van der Waals surface area contributed by atoms with Crippen molar-refractivity contribution in [1.29, 1.82) is 0 Å². The summed E-state index contributed by atoms with van der Waals surface area (Å²) in [7, 11) is 0. The third kappa shape index (κ3) is 3.66. The number of hydrogen-bond acceptors (Lipinski definition) is 5. The first kappa shape index (κ1) is 19.0. The molecule has 0 radical (unpaired) electrons. The summed E-state index contributed by atoms with van der Waals surface area (Å²) in [6, 6.07) is 22.6. The molecule has 8 nitrogen and oxygen atoms in total. The van der Waals surface area contributed by atoms with Crippen molar-refractivity contribution in [3.63, 3.8) is 0 Å². The van der Waals surface area contributed by atoms with Crippen molar-refractivity contribution in [2.45, 2.75) is 6.54 Å². The maximum absolute atomic E-state index is 12.1. The Hall–Kier alpha value is -4.33. The fraction of sp³-hybridized carbons (Fsp3) is 0.0455. The van der Waals surface area contributed by atoms with Gasteiger partial charge in [0.25, 0.3) is 5.69 Å². The summed E-state index contributed by atoms with van der Waals surface area (Å²) < 4.78 is 1.34. The van der Waals surface area contributed by atoms with Crippen LogP contribution in [0, 0.1) is 10.1 Å². The van der Waals surface area contributed by atoms with E-state index in [2.05, 4.69) is 10.3 Å². The Kier molecular flexibility index (Phi) is 5.04. The molecule has 4 rings (SSSR count). The fourth-order valence-corrected chi connectivity index (χ4v) is 3.30. The van der Waals surface area contributed by atoms with Gasteiger partial charge in [0.1, 0.15) is 5.69 Å². The number of rotatable bonds is 6. The molecule has 4 aromatic rings. The smallest absolute Gasteiger partial charge is 0.356 e. The Bertz CT molecular complexity index is 1230. The highest BCUT2D eigenvalue weighted by Crippen LogP contribution is 2.34. The average Bonchev–Trinajstić information content (AvgIpc) is 3.18. The highest BCUT2D eigenvalue weighted by molar-refractivity contribution is 5.96. The summed E-state index contributed by atoms with van der Waals surface area (Å²) in [5.41, 5.74) is 2.77. The zero-order valence-electron chi connectivity index (χ0n) is 15.7. The molecule has 0 aliphatic heterocycles. The SMILES string of the molecule is O=C(O)c1c(-c2ccccc2-c2cccc([N+](=O)[O-])c2)nnn1Cc1ccccc1. The second-order valence-electron chi connectivity index (χ2n) is 6.59. The quantitative estimate of drug-likeness (QED) is 0.382. The van der Waals surface area contributed by atoms with Crippen LogP contribution in [0.15, 0.2) is 78.9 Å². The molecule has 0 amide bonds. The zero-order valence-corrected chi connectivity index (χ0v) is 15.7. The van der Waals surface area contributed by atoms with Crippen LogP contribution in [-0.2, 0) is 6.54 Å². The van der Waals surface area contributed by atoms with Gasteiger partial charge in [0.2, 0.25) is 0 Å². The van der Waals surface area contributed by atoms with Crippen molar-refractivity contribution in [3.8, 4) is 22.4 Å². The van der Waals surface area contributed by atoms with Crippen LogP contribution < -0.4 is 0 Å². The Balaban J connectivity index is 1.83. The lowest BCUT2D eigenvalue weighted by Gasteiger charge is -2.09. The van der Waals surface area contributed by atoms with Crippen LogP contribution in [0.1, 0.15) is 16.1 Å². The van der Waals surface area contributed by atoms with Crippen molar-refractivity contribution in [2.75, 3.05) is 0 Å². The first-order valence-electron chi connectivity index (χ1n) is 9.09. The number of nitrogens with zero attached hydrogens (tertiary/aromatic N) is 4. The topological polar surface area (TPSA) is 111 Å². The highest BCUT2D eigenvalue weighted by atomic mass is 16.6. The second-order valence-corrected chi connectivity index (χ2v) is 6.59. The molecule has 30 heavy (non-hydrogen) atoms. The zero-order chi connectivity index (χ0) is 21.1. The monoisotopic (exact) mass is 400 g/mol. The van der Waals surface area contributed by atoms with E-state index in [0.717, 1.165) is 5.56 Å². The number of aromatic carboxylic acids is 1. The number of carboxylic acid groups (broad SMARTS) is 1. The van der Waals surface area contributed by atoms with E-state index in [1.165, 1.54) is 16.8 Å². The van der Waals surface area contributed by atoms with E-state index in [4.69, 9.17) is 0 Å². The predicted molar refractivity (Wildman–Crippen MR) is 110 cm³/mol. The van der Waals surface area contributed by atoms with E-state index in [1.54, 1.807) is 36.4 Å². The number of hydrogen-bond donors (Lipinski definition) is 1. The summed E-state index contributed by atoms with van der Waals surface area (Å²) >= 11 is 0. The number of aromatic nitrogens is 3. The summed E-state index contributed by atoms with van der Waals surface area (Å²) in [6.45, 7) is 0.258. The second kappa shape index (κ2) is 7.96. The molecule has 0 unspecified atom stereocenters. The summed E-state index contributed by atoms with van der Waals surface area (Å²) in [5.74, 6) is -1.15. The molecule has 0 aliphatic rings. The number of nitro benzene ring substituents is 1.